The van der Waals surface area contributed by atoms with Crippen LogP contribution >= 0.6 is 0 Å². The molecule has 0 saturated carbocycles. The van der Waals surface area contributed by atoms with Gasteiger partial charge >= 0.3 is 5.97 Å². The first-order valence-corrected chi connectivity index (χ1v) is 11.1. The summed E-state index contributed by atoms with van der Waals surface area (Å²) >= 11 is 0. The van der Waals surface area contributed by atoms with Crippen molar-refractivity contribution < 1.29 is 23.6 Å². The highest BCUT2D eigenvalue weighted by Gasteiger charge is 2.44. The lowest BCUT2D eigenvalue weighted by molar-refractivity contribution is -0.156. The molecule has 0 N–H and O–H groups in total. The van der Waals surface area contributed by atoms with Crippen molar-refractivity contribution >= 4 is 11.9 Å². The van der Waals surface area contributed by atoms with Gasteiger partial charge in [0.05, 0.1) is 17.6 Å². The molecule has 1 fully saturated rings. The molecule has 1 amide bonds. The SMILES string of the molecule is CCOc1ccccc1-c1noc(COC(=O)C2(c3ccccc3)CCN(C(C)=O)CC2)n1. The van der Waals surface area contributed by atoms with Crippen LogP contribution in [0, 0.1) is 0 Å². The number of amides is 1. The van der Waals surface area contributed by atoms with E-state index in [1.807, 2.05) is 61.5 Å². The van der Waals surface area contributed by atoms with Crippen molar-refractivity contribution in [2.75, 3.05) is 19.7 Å². The van der Waals surface area contributed by atoms with Gasteiger partial charge in [0.1, 0.15) is 5.75 Å². The van der Waals surface area contributed by atoms with Gasteiger partial charge in [-0.25, -0.2) is 0 Å². The van der Waals surface area contributed by atoms with Crippen molar-refractivity contribution in [3.8, 4) is 17.1 Å². The summed E-state index contributed by atoms with van der Waals surface area (Å²) in [4.78, 5) is 31.3. The Kier molecular flexibility index (Phi) is 6.72. The van der Waals surface area contributed by atoms with Crippen LogP contribution in [0.3, 0.4) is 0 Å². The van der Waals surface area contributed by atoms with Crippen molar-refractivity contribution in [1.29, 1.82) is 0 Å². The van der Waals surface area contributed by atoms with E-state index in [0.717, 1.165) is 5.56 Å². The minimum absolute atomic E-state index is 0.00996. The summed E-state index contributed by atoms with van der Waals surface area (Å²) in [5.74, 6) is 0.887. The van der Waals surface area contributed by atoms with E-state index < -0.39 is 5.41 Å². The number of hydrogen-bond acceptors (Lipinski definition) is 7. The van der Waals surface area contributed by atoms with Crippen molar-refractivity contribution in [2.45, 2.75) is 38.7 Å². The molecule has 1 aliphatic heterocycles. The smallest absolute Gasteiger partial charge is 0.317 e. The van der Waals surface area contributed by atoms with Gasteiger partial charge in [-0.2, -0.15) is 4.98 Å². The number of carbonyl (C=O) groups is 2. The minimum atomic E-state index is -0.822. The number of rotatable bonds is 7. The van der Waals surface area contributed by atoms with Gasteiger partial charge in [0.2, 0.25) is 11.7 Å². The van der Waals surface area contributed by atoms with Crippen LogP contribution in [0.2, 0.25) is 0 Å². The number of benzene rings is 2. The number of likely N-dealkylation sites (tertiary alicyclic amines) is 1. The number of hydrogen-bond donors (Lipinski definition) is 0. The molecule has 1 aliphatic rings. The lowest BCUT2D eigenvalue weighted by Gasteiger charge is -2.39. The second-order valence-corrected chi connectivity index (χ2v) is 7.97. The average molecular weight is 450 g/mol. The summed E-state index contributed by atoms with van der Waals surface area (Å²) in [6, 6.07) is 17.0. The molecular weight excluding hydrogens is 422 g/mol. The van der Waals surface area contributed by atoms with Gasteiger partial charge in [0, 0.05) is 20.0 Å². The highest BCUT2D eigenvalue weighted by Crippen LogP contribution is 2.37. The fourth-order valence-electron chi connectivity index (χ4n) is 4.19. The Morgan fingerprint density at radius 2 is 1.76 bits per heavy atom. The Morgan fingerprint density at radius 3 is 2.45 bits per heavy atom. The number of nitrogens with zero attached hydrogens (tertiary/aromatic N) is 3. The van der Waals surface area contributed by atoms with Crippen LogP contribution in [0.5, 0.6) is 5.75 Å². The third kappa shape index (κ3) is 4.74. The van der Waals surface area contributed by atoms with Crippen molar-refractivity contribution in [1.82, 2.24) is 15.0 Å². The molecule has 8 nitrogen and oxygen atoms in total. The zero-order valence-corrected chi connectivity index (χ0v) is 18.8. The Labute approximate surface area is 192 Å². The largest absolute Gasteiger partial charge is 0.493 e. The highest BCUT2D eigenvalue weighted by atomic mass is 16.6. The molecule has 2 heterocycles. The third-order valence-electron chi connectivity index (χ3n) is 6.00. The van der Waals surface area contributed by atoms with Gasteiger partial charge in [0.25, 0.3) is 5.89 Å². The quantitative estimate of drug-likeness (QED) is 0.507. The minimum Gasteiger partial charge on any atom is -0.493 e. The maximum absolute atomic E-state index is 13.4. The van der Waals surface area contributed by atoms with E-state index in [2.05, 4.69) is 10.1 Å². The van der Waals surface area contributed by atoms with Crippen molar-refractivity contribution in [2.24, 2.45) is 0 Å². The molecule has 8 heteroatoms. The highest BCUT2D eigenvalue weighted by molar-refractivity contribution is 5.84. The zero-order chi connectivity index (χ0) is 23.3. The number of ether oxygens (including phenoxy) is 2. The number of piperidine rings is 1. The third-order valence-corrected chi connectivity index (χ3v) is 6.00. The second kappa shape index (κ2) is 9.85. The van der Waals surface area contributed by atoms with Crippen molar-refractivity contribution in [3.05, 3.63) is 66.1 Å². The van der Waals surface area contributed by atoms with E-state index in [0.29, 0.717) is 49.7 Å². The molecule has 1 saturated heterocycles. The first-order chi connectivity index (χ1) is 16.0. The van der Waals surface area contributed by atoms with Crippen LogP contribution in [0.1, 0.15) is 38.1 Å². The maximum atomic E-state index is 13.4. The first-order valence-electron chi connectivity index (χ1n) is 11.1. The van der Waals surface area contributed by atoms with Gasteiger partial charge in [-0.3, -0.25) is 9.59 Å². The van der Waals surface area contributed by atoms with E-state index in [4.69, 9.17) is 14.0 Å². The van der Waals surface area contributed by atoms with Crippen molar-refractivity contribution in [3.63, 3.8) is 0 Å². The Balaban J connectivity index is 1.50. The predicted molar refractivity (Wildman–Crippen MR) is 120 cm³/mol. The van der Waals surface area contributed by atoms with E-state index in [1.165, 1.54) is 0 Å². The summed E-state index contributed by atoms with van der Waals surface area (Å²) in [7, 11) is 0. The standard InChI is InChI=1S/C25H27N3O5/c1-3-31-21-12-8-7-11-20(21)23-26-22(33-27-23)17-32-24(30)25(19-9-5-4-6-10-19)13-15-28(16-14-25)18(2)29/h4-12H,3,13-17H2,1-2H3. The molecule has 0 atom stereocenters. The van der Waals surface area contributed by atoms with Crippen LogP contribution in [0.15, 0.2) is 59.1 Å². The molecular formula is C25H27N3O5. The topological polar surface area (TPSA) is 94.8 Å². The maximum Gasteiger partial charge on any atom is 0.317 e. The molecule has 4 rings (SSSR count). The van der Waals surface area contributed by atoms with E-state index in [-0.39, 0.29) is 24.4 Å². The fourth-order valence-corrected chi connectivity index (χ4v) is 4.19. The predicted octanol–water partition coefficient (Wildman–Crippen LogP) is 3.76. The molecule has 0 bridgehead atoms. The summed E-state index contributed by atoms with van der Waals surface area (Å²) in [6.07, 6.45) is 0.985. The monoisotopic (exact) mass is 449 g/mol. The molecule has 33 heavy (non-hydrogen) atoms. The van der Waals surface area contributed by atoms with Crippen LogP contribution in [0.25, 0.3) is 11.4 Å². The Bertz CT molecular complexity index is 1100. The first kappa shape index (κ1) is 22.5. The summed E-state index contributed by atoms with van der Waals surface area (Å²) in [5.41, 5.74) is 0.769. The number of carbonyl (C=O) groups excluding carboxylic acids is 2. The zero-order valence-electron chi connectivity index (χ0n) is 18.8. The number of para-hydroxylation sites is 1. The fraction of sp³-hybridized carbons (Fsp3) is 0.360. The molecule has 0 spiro atoms. The van der Waals surface area contributed by atoms with E-state index >= 15 is 0 Å². The van der Waals surface area contributed by atoms with Crippen LogP contribution in [-0.4, -0.2) is 46.6 Å². The van der Waals surface area contributed by atoms with Gasteiger partial charge in [-0.1, -0.05) is 47.6 Å². The number of esters is 1. The summed E-state index contributed by atoms with van der Waals surface area (Å²) < 4.78 is 16.6. The molecule has 1 aromatic heterocycles. The van der Waals surface area contributed by atoms with E-state index in [9.17, 15) is 9.59 Å². The van der Waals surface area contributed by atoms with Crippen LogP contribution in [0.4, 0.5) is 0 Å². The molecule has 172 valence electrons. The lowest BCUT2D eigenvalue weighted by atomic mass is 9.72. The molecule has 0 radical (unpaired) electrons. The second-order valence-electron chi connectivity index (χ2n) is 7.97. The molecule has 3 aromatic rings. The molecule has 0 unspecified atom stereocenters. The van der Waals surface area contributed by atoms with Crippen LogP contribution < -0.4 is 4.74 Å². The summed E-state index contributed by atoms with van der Waals surface area (Å²) in [6.45, 7) is 4.83. The Morgan fingerprint density at radius 1 is 1.06 bits per heavy atom. The molecule has 0 aliphatic carbocycles. The van der Waals surface area contributed by atoms with Gasteiger partial charge < -0.3 is 18.9 Å². The van der Waals surface area contributed by atoms with E-state index in [1.54, 1.807) is 11.8 Å². The molecule has 2 aromatic carbocycles. The number of aromatic nitrogens is 2. The normalized spacial score (nSPS) is 15.2. The Hall–Kier alpha value is -3.68. The van der Waals surface area contributed by atoms with Gasteiger partial charge in [0.15, 0.2) is 6.61 Å². The summed E-state index contributed by atoms with van der Waals surface area (Å²) in [5, 5.41) is 4.02. The van der Waals surface area contributed by atoms with Gasteiger partial charge in [-0.15, -0.1) is 0 Å². The van der Waals surface area contributed by atoms with Crippen LogP contribution in [-0.2, 0) is 26.3 Å². The average Bonchev–Trinajstić information content (AvgIpc) is 3.32. The lowest BCUT2D eigenvalue weighted by Crippen LogP contribution is -2.49. The van der Waals surface area contributed by atoms with Gasteiger partial charge in [-0.05, 0) is 37.5 Å².